The van der Waals surface area contributed by atoms with Crippen molar-refractivity contribution in [3.05, 3.63) is 87.3 Å². The Labute approximate surface area is 258 Å². The van der Waals surface area contributed by atoms with Crippen molar-refractivity contribution in [3.63, 3.8) is 0 Å². The van der Waals surface area contributed by atoms with Crippen molar-refractivity contribution in [3.8, 4) is 0 Å². The van der Waals surface area contributed by atoms with Gasteiger partial charge >= 0.3 is 5.97 Å². The third-order valence-corrected chi connectivity index (χ3v) is 9.89. The molecule has 0 spiro atoms. The topological polar surface area (TPSA) is 84.5 Å². The Kier molecular flexibility index (Phi) is 9.21. The minimum absolute atomic E-state index is 0.203. The minimum atomic E-state index is -0.970. The first-order valence-corrected chi connectivity index (χ1v) is 16.5. The lowest BCUT2D eigenvalue weighted by atomic mass is 9.80. The summed E-state index contributed by atoms with van der Waals surface area (Å²) in [5.41, 5.74) is 3.95. The van der Waals surface area contributed by atoms with Crippen LogP contribution >= 0.6 is 11.3 Å². The van der Waals surface area contributed by atoms with Gasteiger partial charge in [-0.3, -0.25) is 4.79 Å². The number of carboxylic acid groups (broad SMARTS) is 1. The lowest BCUT2D eigenvalue weighted by Crippen LogP contribution is -2.36. The Morgan fingerprint density at radius 3 is 2.42 bits per heavy atom. The molecule has 2 aromatic carbocycles. The van der Waals surface area contributed by atoms with Gasteiger partial charge in [0.2, 0.25) is 5.52 Å². The fourth-order valence-electron chi connectivity index (χ4n) is 6.25. The molecule has 1 aromatic heterocycles. The van der Waals surface area contributed by atoms with Gasteiger partial charge in [-0.15, -0.1) is 0 Å². The summed E-state index contributed by atoms with van der Waals surface area (Å²) in [4.78, 5) is 27.5. The van der Waals surface area contributed by atoms with Gasteiger partial charge in [0.05, 0.1) is 5.56 Å². The summed E-state index contributed by atoms with van der Waals surface area (Å²) >= 11 is 1.61. The molecule has 2 heterocycles. The Hall–Kier alpha value is -3.71. The second kappa shape index (κ2) is 12.9. The van der Waals surface area contributed by atoms with Gasteiger partial charge < -0.3 is 15.1 Å². The van der Waals surface area contributed by atoms with Crippen molar-refractivity contribution in [1.29, 1.82) is 0 Å². The first-order valence-electron chi connectivity index (χ1n) is 15.7. The first kappa shape index (κ1) is 30.7. The summed E-state index contributed by atoms with van der Waals surface area (Å²) in [6.07, 6.45) is 12.4. The van der Waals surface area contributed by atoms with E-state index in [1.54, 1.807) is 35.6 Å². The number of thiazole rings is 1. The number of unbranched alkanes of at least 4 members (excludes halogenated alkanes) is 6. The maximum absolute atomic E-state index is 13.6. The number of carbonyl (C=O) groups excluding carboxylic acids is 1. The number of hydrogen-bond donors (Lipinski definition) is 1. The Balaban J connectivity index is 1.51. The van der Waals surface area contributed by atoms with Crippen LogP contribution < -0.4 is 14.6 Å². The molecule has 0 atom stereocenters. The minimum Gasteiger partial charge on any atom is -0.871 e. The molecule has 0 bridgehead atoms. The van der Waals surface area contributed by atoms with Gasteiger partial charge in [-0.1, -0.05) is 89.0 Å². The molecule has 1 N–H and O–H groups in total. The van der Waals surface area contributed by atoms with Crippen LogP contribution in [0.4, 0.5) is 5.69 Å². The lowest BCUT2D eigenvalue weighted by molar-refractivity contribution is -0.669. The first-order chi connectivity index (χ1) is 20.7. The molecule has 3 aromatic rings. The number of benzene rings is 2. The zero-order chi connectivity index (χ0) is 30.7. The van der Waals surface area contributed by atoms with Crippen molar-refractivity contribution in [2.75, 3.05) is 11.4 Å². The molecule has 2 aliphatic rings. The number of ketones is 1. The number of Topliss-reactive ketones (excluding diaryl/α,β-unsaturated/α-hetero) is 1. The maximum atomic E-state index is 13.6. The van der Waals surface area contributed by atoms with Gasteiger partial charge in [0.25, 0.3) is 5.01 Å². The third-order valence-electron chi connectivity index (χ3n) is 8.77. The van der Waals surface area contributed by atoms with E-state index < -0.39 is 11.4 Å². The highest BCUT2D eigenvalue weighted by Gasteiger charge is 2.41. The fourth-order valence-corrected chi connectivity index (χ4v) is 7.38. The second-order valence-corrected chi connectivity index (χ2v) is 13.2. The predicted molar refractivity (Wildman–Crippen MR) is 172 cm³/mol. The van der Waals surface area contributed by atoms with E-state index in [9.17, 15) is 19.8 Å². The largest absolute Gasteiger partial charge is 0.871 e. The summed E-state index contributed by atoms with van der Waals surface area (Å²) in [5, 5.41) is 24.1. The number of para-hydroxylation sites is 1. The van der Waals surface area contributed by atoms with Gasteiger partial charge in [0.1, 0.15) is 4.70 Å². The third kappa shape index (κ3) is 5.92. The molecule has 1 aliphatic heterocycles. The highest BCUT2D eigenvalue weighted by atomic mass is 32.1. The number of nitrogens with zero attached hydrogens (tertiary/aromatic N) is 2. The standard InChI is InChI=1S/C36H42N2O4S/c1-5-7-9-13-19-37-28-18-17-24(35(41)42)21-27(28)36(3,4)31(37)22-25-33(39)26(34(25)40)23-32-38(20-14-10-8-6-2)29-15-11-12-16-30(29)43-32/h11-12,15-18,21-23H,5-10,13-14,19-20H2,1-4H3,(H-,39,40,41,42). The highest BCUT2D eigenvalue weighted by molar-refractivity contribution is 7.18. The summed E-state index contributed by atoms with van der Waals surface area (Å²) < 4.78 is 3.38. The number of hydrogen-bond acceptors (Lipinski definition) is 5. The van der Waals surface area contributed by atoms with E-state index in [0.29, 0.717) is 0 Å². The van der Waals surface area contributed by atoms with Crippen LogP contribution in [0.3, 0.4) is 0 Å². The van der Waals surface area contributed by atoms with E-state index in [4.69, 9.17) is 0 Å². The van der Waals surface area contributed by atoms with E-state index in [0.717, 1.165) is 83.8 Å². The molecule has 0 amide bonds. The molecule has 0 unspecified atom stereocenters. The number of carboxylic acids is 1. The molecular formula is C36H42N2O4S. The average Bonchev–Trinajstić information content (AvgIpc) is 3.45. The smallest absolute Gasteiger partial charge is 0.335 e. The average molecular weight is 599 g/mol. The van der Waals surface area contributed by atoms with E-state index in [1.165, 1.54) is 12.8 Å². The number of allylic oxidation sites excluding steroid dienone is 4. The zero-order valence-corrected chi connectivity index (χ0v) is 26.6. The van der Waals surface area contributed by atoms with Gasteiger partial charge in [-0.2, -0.15) is 4.57 Å². The quantitative estimate of drug-likeness (QED) is 0.127. The van der Waals surface area contributed by atoms with Crippen LogP contribution in [0, 0.1) is 0 Å². The number of anilines is 1. The van der Waals surface area contributed by atoms with Crippen LogP contribution in [-0.4, -0.2) is 23.4 Å². The van der Waals surface area contributed by atoms with Crippen molar-refractivity contribution in [2.45, 2.75) is 91.0 Å². The molecule has 5 rings (SSSR count). The lowest BCUT2D eigenvalue weighted by Gasteiger charge is -2.32. The Bertz CT molecular complexity index is 1640. The van der Waals surface area contributed by atoms with Crippen LogP contribution in [0.2, 0.25) is 0 Å². The molecule has 0 saturated carbocycles. The highest BCUT2D eigenvalue weighted by Crippen LogP contribution is 2.49. The van der Waals surface area contributed by atoms with Crippen LogP contribution in [0.5, 0.6) is 0 Å². The molecule has 1 aliphatic carbocycles. The fraction of sp³-hybridized carbons (Fsp3) is 0.417. The van der Waals surface area contributed by atoms with E-state index in [2.05, 4.69) is 35.4 Å². The number of fused-ring (bicyclic) bond motifs is 2. The van der Waals surface area contributed by atoms with Crippen molar-refractivity contribution in [2.24, 2.45) is 0 Å². The van der Waals surface area contributed by atoms with E-state index in [-0.39, 0.29) is 28.3 Å². The van der Waals surface area contributed by atoms with Gasteiger partial charge in [0, 0.05) is 53.1 Å². The van der Waals surface area contributed by atoms with Crippen LogP contribution in [0.25, 0.3) is 16.3 Å². The molecule has 226 valence electrons. The number of rotatable bonds is 13. The molecule has 0 fully saturated rings. The van der Waals surface area contributed by atoms with Gasteiger partial charge in [0.15, 0.2) is 12.3 Å². The number of aromatic carboxylic acids is 1. The van der Waals surface area contributed by atoms with Crippen molar-refractivity contribution in [1.82, 2.24) is 0 Å². The van der Waals surface area contributed by atoms with E-state index >= 15 is 0 Å². The van der Waals surface area contributed by atoms with E-state index in [1.807, 2.05) is 32.0 Å². The number of aromatic nitrogens is 1. The zero-order valence-electron chi connectivity index (χ0n) is 25.7. The molecule has 0 saturated heterocycles. The number of aryl methyl sites for hydroxylation is 1. The van der Waals surface area contributed by atoms with Crippen LogP contribution in [0.15, 0.2) is 71.1 Å². The Morgan fingerprint density at radius 2 is 1.72 bits per heavy atom. The van der Waals surface area contributed by atoms with Crippen molar-refractivity contribution >= 4 is 45.1 Å². The molecule has 0 radical (unpaired) electrons. The van der Waals surface area contributed by atoms with Crippen LogP contribution in [-0.2, 0) is 16.8 Å². The Morgan fingerprint density at radius 1 is 1.00 bits per heavy atom. The molecule has 7 heteroatoms. The molecule has 6 nitrogen and oxygen atoms in total. The number of carbonyl (C=O) groups is 2. The summed E-state index contributed by atoms with van der Waals surface area (Å²) in [6, 6.07) is 13.5. The monoisotopic (exact) mass is 598 g/mol. The summed E-state index contributed by atoms with van der Waals surface area (Å²) in [6.45, 7) is 10.1. The van der Waals surface area contributed by atoms with Gasteiger partial charge in [-0.25, -0.2) is 4.79 Å². The van der Waals surface area contributed by atoms with Crippen LogP contribution in [0.1, 0.15) is 100.0 Å². The van der Waals surface area contributed by atoms with Crippen molar-refractivity contribution < 1.29 is 24.4 Å². The predicted octanol–water partition coefficient (Wildman–Crippen LogP) is 7.31. The van der Waals surface area contributed by atoms with Gasteiger partial charge in [-0.05, 0) is 48.7 Å². The SMILES string of the molecule is CCCCCCN1/C(=C/C2=C([O-])C(=C\c3sc4ccccc4[n+]3CCCCCC)/C2=O)C(C)(C)c2cc(C(=O)O)ccc21. The summed E-state index contributed by atoms with van der Waals surface area (Å²) in [5.74, 6) is -1.42. The summed E-state index contributed by atoms with van der Waals surface area (Å²) in [7, 11) is 0. The maximum Gasteiger partial charge on any atom is 0.335 e. The molecular weight excluding hydrogens is 556 g/mol. The normalized spacial score (nSPS) is 17.8. The molecule has 43 heavy (non-hydrogen) atoms. The second-order valence-electron chi connectivity index (χ2n) is 12.2.